The number of pyridine rings is 1. The fourth-order valence-corrected chi connectivity index (χ4v) is 3.99. The number of fused-ring (bicyclic) bond motifs is 2. The van der Waals surface area contributed by atoms with Crippen LogP contribution in [-0.4, -0.2) is 45.0 Å². The van der Waals surface area contributed by atoms with Gasteiger partial charge in [-0.25, -0.2) is 14.4 Å². The predicted octanol–water partition coefficient (Wildman–Crippen LogP) is 2.35. The van der Waals surface area contributed by atoms with Crippen LogP contribution in [0.1, 0.15) is 36.7 Å². The van der Waals surface area contributed by atoms with Crippen LogP contribution in [0.25, 0.3) is 0 Å². The van der Waals surface area contributed by atoms with Crippen molar-refractivity contribution in [2.45, 2.75) is 43.8 Å². The number of piperidine rings is 1. The van der Waals surface area contributed by atoms with E-state index in [1.54, 1.807) is 12.3 Å². The van der Waals surface area contributed by atoms with E-state index in [0.29, 0.717) is 30.2 Å². The van der Waals surface area contributed by atoms with Gasteiger partial charge in [-0.2, -0.15) is 0 Å². The van der Waals surface area contributed by atoms with Crippen molar-refractivity contribution in [3.8, 4) is 0 Å². The minimum Gasteiger partial charge on any atom is -0.348 e. The Labute approximate surface area is 140 Å². The van der Waals surface area contributed by atoms with Gasteiger partial charge in [-0.05, 0) is 37.5 Å². The summed E-state index contributed by atoms with van der Waals surface area (Å²) in [7, 11) is 0. The van der Waals surface area contributed by atoms with Crippen LogP contribution >= 0.6 is 0 Å². The van der Waals surface area contributed by atoms with Crippen molar-refractivity contribution in [2.24, 2.45) is 0 Å². The lowest BCUT2D eigenvalue weighted by atomic mass is 9.87. The molecule has 0 aromatic carbocycles. The van der Waals surface area contributed by atoms with E-state index in [2.05, 4.69) is 19.8 Å². The lowest BCUT2D eigenvalue weighted by Gasteiger charge is -2.57. The van der Waals surface area contributed by atoms with Gasteiger partial charge in [-0.15, -0.1) is 0 Å². The lowest BCUT2D eigenvalue weighted by molar-refractivity contribution is 0.105. The molecular weight excluding hydrogens is 305 g/mol. The quantitative estimate of drug-likeness (QED) is 0.863. The van der Waals surface area contributed by atoms with Gasteiger partial charge in [0.1, 0.15) is 17.5 Å². The molecule has 2 atom stereocenters. The molecule has 5 nitrogen and oxygen atoms in total. The molecule has 0 amide bonds. The van der Waals surface area contributed by atoms with E-state index in [4.69, 9.17) is 4.98 Å². The first kappa shape index (κ1) is 14.3. The summed E-state index contributed by atoms with van der Waals surface area (Å²) in [6, 6.07) is 6.09. The highest BCUT2D eigenvalue weighted by Crippen LogP contribution is 2.40. The lowest BCUT2D eigenvalue weighted by Crippen LogP contribution is -2.69. The van der Waals surface area contributed by atoms with Crippen molar-refractivity contribution in [2.75, 3.05) is 18.0 Å². The molecular formula is C18H20FN5. The molecule has 1 aliphatic carbocycles. The van der Waals surface area contributed by atoms with Crippen LogP contribution in [0.5, 0.6) is 0 Å². The maximum absolute atomic E-state index is 13.8. The van der Waals surface area contributed by atoms with Crippen LogP contribution in [0.2, 0.25) is 0 Å². The van der Waals surface area contributed by atoms with Gasteiger partial charge in [-0.1, -0.05) is 0 Å². The number of anilines is 1. The number of nitrogens with zero attached hydrogens (tertiary/aromatic N) is 5. The maximum Gasteiger partial charge on any atom is 0.146 e. The molecule has 6 rings (SSSR count). The zero-order valence-electron chi connectivity index (χ0n) is 13.5. The van der Waals surface area contributed by atoms with Gasteiger partial charge < -0.3 is 4.90 Å². The van der Waals surface area contributed by atoms with Gasteiger partial charge in [-0.3, -0.25) is 9.88 Å². The number of halogens is 1. The molecule has 0 spiro atoms. The Hall–Kier alpha value is -2.08. The Morgan fingerprint density at radius 1 is 1.08 bits per heavy atom. The normalized spacial score (nSPS) is 26.3. The van der Waals surface area contributed by atoms with Crippen molar-refractivity contribution in [1.82, 2.24) is 19.9 Å². The Kier molecular flexibility index (Phi) is 3.26. The summed E-state index contributed by atoms with van der Waals surface area (Å²) in [6.07, 6.45) is 7.20. The largest absolute Gasteiger partial charge is 0.348 e. The van der Waals surface area contributed by atoms with Crippen LogP contribution in [-0.2, 0) is 6.54 Å². The van der Waals surface area contributed by atoms with E-state index in [-0.39, 0.29) is 5.82 Å². The predicted molar refractivity (Wildman–Crippen MR) is 88.2 cm³/mol. The molecule has 3 aliphatic heterocycles. The molecule has 124 valence electrons. The average molecular weight is 325 g/mol. The number of rotatable bonds is 4. The topological polar surface area (TPSA) is 45.2 Å². The van der Waals surface area contributed by atoms with Gasteiger partial charge >= 0.3 is 0 Å². The molecule has 0 radical (unpaired) electrons. The molecule has 6 heteroatoms. The molecule has 1 saturated carbocycles. The van der Waals surface area contributed by atoms with Crippen molar-refractivity contribution < 1.29 is 4.39 Å². The monoisotopic (exact) mass is 325 g/mol. The number of aromatic nitrogens is 3. The Morgan fingerprint density at radius 3 is 2.67 bits per heavy atom. The number of hydrogen-bond donors (Lipinski definition) is 0. The Morgan fingerprint density at radius 2 is 1.92 bits per heavy atom. The Balaban J connectivity index is 1.29. The van der Waals surface area contributed by atoms with Crippen LogP contribution in [0.15, 0.2) is 30.6 Å². The first-order valence-corrected chi connectivity index (χ1v) is 8.71. The molecule has 0 N–H and O–H groups in total. The fraction of sp³-hybridized carbons (Fsp3) is 0.500. The molecule has 4 fully saturated rings. The van der Waals surface area contributed by atoms with E-state index in [1.165, 1.54) is 25.3 Å². The van der Waals surface area contributed by atoms with Crippen LogP contribution in [0, 0.1) is 5.82 Å². The van der Waals surface area contributed by atoms with Crippen LogP contribution < -0.4 is 4.90 Å². The van der Waals surface area contributed by atoms with E-state index in [1.807, 2.05) is 12.3 Å². The third-order valence-electron chi connectivity index (χ3n) is 5.34. The molecule has 2 unspecified atom stereocenters. The third kappa shape index (κ3) is 2.45. The van der Waals surface area contributed by atoms with Crippen LogP contribution in [0.4, 0.5) is 10.2 Å². The van der Waals surface area contributed by atoms with E-state index < -0.39 is 0 Å². The minimum atomic E-state index is -0.210. The van der Waals surface area contributed by atoms with Gasteiger partial charge in [0.05, 0.1) is 5.69 Å². The third-order valence-corrected chi connectivity index (χ3v) is 5.34. The first-order valence-electron chi connectivity index (χ1n) is 8.71. The van der Waals surface area contributed by atoms with E-state index in [0.717, 1.165) is 24.7 Å². The highest BCUT2D eigenvalue weighted by molar-refractivity contribution is 5.46. The average Bonchev–Trinajstić information content (AvgIpc) is 3.42. The van der Waals surface area contributed by atoms with E-state index >= 15 is 0 Å². The first-order chi connectivity index (χ1) is 11.8. The van der Waals surface area contributed by atoms with Gasteiger partial charge in [0.25, 0.3) is 0 Å². The Bertz CT molecular complexity index is 751. The maximum atomic E-state index is 13.8. The molecule has 4 aliphatic rings. The molecule has 24 heavy (non-hydrogen) atoms. The zero-order chi connectivity index (χ0) is 16.1. The molecule has 2 aromatic rings. The second-order valence-corrected chi connectivity index (χ2v) is 7.12. The summed E-state index contributed by atoms with van der Waals surface area (Å²) in [5, 5.41) is 0. The number of piperazine rings is 1. The summed E-state index contributed by atoms with van der Waals surface area (Å²) in [5.74, 6) is 2.44. The van der Waals surface area contributed by atoms with Crippen molar-refractivity contribution in [3.05, 3.63) is 47.9 Å². The summed E-state index contributed by atoms with van der Waals surface area (Å²) < 4.78 is 13.8. The summed E-state index contributed by atoms with van der Waals surface area (Å²) in [5.41, 5.74) is 0.545. The van der Waals surface area contributed by atoms with Crippen molar-refractivity contribution >= 4 is 5.82 Å². The summed E-state index contributed by atoms with van der Waals surface area (Å²) in [6.45, 7) is 2.47. The smallest absolute Gasteiger partial charge is 0.146 e. The van der Waals surface area contributed by atoms with Gasteiger partial charge in [0.15, 0.2) is 0 Å². The highest BCUT2D eigenvalue weighted by atomic mass is 19.1. The van der Waals surface area contributed by atoms with Gasteiger partial charge in [0.2, 0.25) is 0 Å². The van der Waals surface area contributed by atoms with Gasteiger partial charge in [0, 0.05) is 50.0 Å². The molecule has 5 heterocycles. The number of hydrogen-bond acceptors (Lipinski definition) is 5. The van der Waals surface area contributed by atoms with Crippen molar-refractivity contribution in [3.63, 3.8) is 0 Å². The fourth-order valence-electron chi connectivity index (χ4n) is 3.99. The molecule has 2 aromatic heterocycles. The van der Waals surface area contributed by atoms with Crippen LogP contribution in [0.3, 0.4) is 0 Å². The SMILES string of the molecule is Fc1cccnc1CN1CC2CC(C1)N2c1ccnc(C2CC2)n1. The standard InChI is InChI=1S/C18H20FN5/c19-15-2-1-6-20-16(15)11-23-9-13-8-14(10-23)24(13)17-5-7-21-18(22-17)12-3-4-12/h1-2,5-7,12-14H,3-4,8-11H2. The zero-order valence-corrected chi connectivity index (χ0v) is 13.5. The second kappa shape index (κ2) is 5.48. The van der Waals surface area contributed by atoms with E-state index in [9.17, 15) is 4.39 Å². The molecule has 2 bridgehead atoms. The summed E-state index contributed by atoms with van der Waals surface area (Å²) in [4.78, 5) is 18.1. The molecule has 3 saturated heterocycles. The summed E-state index contributed by atoms with van der Waals surface area (Å²) >= 11 is 0. The van der Waals surface area contributed by atoms with Crippen molar-refractivity contribution in [1.29, 1.82) is 0 Å². The second-order valence-electron chi connectivity index (χ2n) is 7.12. The highest BCUT2D eigenvalue weighted by Gasteiger charge is 2.45. The minimum absolute atomic E-state index is 0.210.